The molecule has 0 bridgehead atoms. The third-order valence-electron chi connectivity index (χ3n) is 4.71. The zero-order chi connectivity index (χ0) is 14.4. The van der Waals surface area contributed by atoms with Gasteiger partial charge in [-0.2, -0.15) is 0 Å². The summed E-state index contributed by atoms with van der Waals surface area (Å²) < 4.78 is 5.30. The number of amides is 1. The second kappa shape index (κ2) is 7.99. The van der Waals surface area contributed by atoms with Gasteiger partial charge in [-0.1, -0.05) is 12.8 Å². The zero-order valence-electron chi connectivity index (χ0n) is 13.1. The Morgan fingerprint density at radius 3 is 2.65 bits per heavy atom. The van der Waals surface area contributed by atoms with Crippen molar-refractivity contribution in [1.29, 1.82) is 0 Å². The molecule has 1 aliphatic heterocycles. The van der Waals surface area contributed by atoms with E-state index in [9.17, 15) is 4.79 Å². The fourth-order valence-corrected chi connectivity index (χ4v) is 3.60. The molecule has 0 spiro atoms. The van der Waals surface area contributed by atoms with Crippen LogP contribution >= 0.6 is 0 Å². The minimum atomic E-state index is 0.308. The van der Waals surface area contributed by atoms with Gasteiger partial charge in [0.15, 0.2) is 0 Å². The van der Waals surface area contributed by atoms with E-state index in [1.54, 1.807) is 0 Å². The number of rotatable bonds is 6. The van der Waals surface area contributed by atoms with Crippen molar-refractivity contribution in [2.75, 3.05) is 32.8 Å². The van der Waals surface area contributed by atoms with Gasteiger partial charge in [-0.25, -0.2) is 0 Å². The van der Waals surface area contributed by atoms with E-state index < -0.39 is 0 Å². The quantitative estimate of drug-likeness (QED) is 0.701. The SMILES string of the molecule is CCOCCCC(=O)N1CCN(C2CCCC2)C(C)C1. The summed E-state index contributed by atoms with van der Waals surface area (Å²) in [6, 6.07) is 1.29. The summed E-state index contributed by atoms with van der Waals surface area (Å²) in [6.45, 7) is 8.59. The molecule has 1 atom stereocenters. The lowest BCUT2D eigenvalue weighted by atomic mass is 10.1. The molecule has 0 aromatic heterocycles. The van der Waals surface area contributed by atoms with E-state index in [4.69, 9.17) is 4.74 Å². The summed E-state index contributed by atoms with van der Waals surface area (Å²) >= 11 is 0. The minimum Gasteiger partial charge on any atom is -0.382 e. The maximum atomic E-state index is 12.2. The zero-order valence-corrected chi connectivity index (χ0v) is 13.1. The summed E-state index contributed by atoms with van der Waals surface area (Å²) in [5.74, 6) is 0.308. The molecule has 0 radical (unpaired) electrons. The molecule has 2 aliphatic rings. The normalized spacial score (nSPS) is 25.3. The highest BCUT2D eigenvalue weighted by Crippen LogP contribution is 2.26. The maximum Gasteiger partial charge on any atom is 0.222 e. The first-order valence-electron chi connectivity index (χ1n) is 8.33. The van der Waals surface area contributed by atoms with Gasteiger partial charge in [0, 0.05) is 51.4 Å². The van der Waals surface area contributed by atoms with Crippen molar-refractivity contribution >= 4 is 5.91 Å². The van der Waals surface area contributed by atoms with Gasteiger partial charge in [-0.15, -0.1) is 0 Å². The highest BCUT2D eigenvalue weighted by atomic mass is 16.5. The van der Waals surface area contributed by atoms with Gasteiger partial charge in [0.1, 0.15) is 0 Å². The molecule has 0 N–H and O–H groups in total. The van der Waals surface area contributed by atoms with E-state index in [1.165, 1.54) is 25.7 Å². The molecular formula is C16H30N2O2. The van der Waals surface area contributed by atoms with Gasteiger partial charge >= 0.3 is 0 Å². The summed E-state index contributed by atoms with van der Waals surface area (Å²) in [5, 5.41) is 0. The molecule has 0 aromatic rings. The number of carbonyl (C=O) groups is 1. The Hall–Kier alpha value is -0.610. The maximum absolute atomic E-state index is 12.2. The van der Waals surface area contributed by atoms with Crippen LogP contribution in [0, 0.1) is 0 Å². The Bertz CT molecular complexity index is 303. The second-order valence-corrected chi connectivity index (χ2v) is 6.17. The molecule has 1 heterocycles. The van der Waals surface area contributed by atoms with Crippen LogP contribution in [0.15, 0.2) is 0 Å². The smallest absolute Gasteiger partial charge is 0.222 e. The number of carbonyl (C=O) groups excluding carboxylic acids is 1. The third-order valence-corrected chi connectivity index (χ3v) is 4.71. The fraction of sp³-hybridized carbons (Fsp3) is 0.938. The van der Waals surface area contributed by atoms with Crippen molar-refractivity contribution in [2.45, 2.75) is 64.5 Å². The van der Waals surface area contributed by atoms with Gasteiger partial charge in [-0.05, 0) is 33.1 Å². The monoisotopic (exact) mass is 282 g/mol. The Morgan fingerprint density at radius 2 is 2.00 bits per heavy atom. The van der Waals surface area contributed by atoms with Crippen LogP contribution in [0.4, 0.5) is 0 Å². The van der Waals surface area contributed by atoms with Crippen molar-refractivity contribution in [2.24, 2.45) is 0 Å². The largest absolute Gasteiger partial charge is 0.382 e. The average molecular weight is 282 g/mol. The van der Waals surface area contributed by atoms with E-state index in [-0.39, 0.29) is 0 Å². The topological polar surface area (TPSA) is 32.8 Å². The van der Waals surface area contributed by atoms with E-state index >= 15 is 0 Å². The second-order valence-electron chi connectivity index (χ2n) is 6.17. The standard InChI is InChI=1S/C16H30N2O2/c1-3-20-12-6-9-16(19)17-10-11-18(14(2)13-17)15-7-4-5-8-15/h14-15H,3-13H2,1-2H3. The number of hydrogen-bond acceptors (Lipinski definition) is 3. The fourth-order valence-electron chi connectivity index (χ4n) is 3.60. The molecule has 2 fully saturated rings. The van der Waals surface area contributed by atoms with Crippen molar-refractivity contribution in [3.63, 3.8) is 0 Å². The van der Waals surface area contributed by atoms with E-state index in [1.807, 2.05) is 6.92 Å². The van der Waals surface area contributed by atoms with Crippen LogP contribution in [-0.2, 0) is 9.53 Å². The van der Waals surface area contributed by atoms with Crippen molar-refractivity contribution in [3.8, 4) is 0 Å². The first kappa shape index (κ1) is 15.8. The molecule has 116 valence electrons. The summed E-state index contributed by atoms with van der Waals surface area (Å²) in [4.78, 5) is 16.9. The third kappa shape index (κ3) is 4.19. The van der Waals surface area contributed by atoms with Crippen LogP contribution in [0.3, 0.4) is 0 Å². The Morgan fingerprint density at radius 1 is 1.25 bits per heavy atom. The molecule has 1 unspecified atom stereocenters. The molecule has 0 aromatic carbocycles. The first-order valence-corrected chi connectivity index (χ1v) is 8.33. The van der Waals surface area contributed by atoms with Crippen LogP contribution in [0.25, 0.3) is 0 Å². The lowest BCUT2D eigenvalue weighted by Crippen LogP contribution is -2.56. The highest BCUT2D eigenvalue weighted by Gasteiger charge is 2.32. The van der Waals surface area contributed by atoms with E-state index in [0.717, 1.165) is 38.7 Å². The van der Waals surface area contributed by atoms with Gasteiger partial charge in [0.25, 0.3) is 0 Å². The van der Waals surface area contributed by atoms with Crippen LogP contribution in [0.1, 0.15) is 52.4 Å². The van der Waals surface area contributed by atoms with Gasteiger partial charge in [0.2, 0.25) is 5.91 Å². The van der Waals surface area contributed by atoms with Crippen molar-refractivity contribution in [1.82, 2.24) is 9.80 Å². The predicted molar refractivity (Wildman–Crippen MR) is 80.7 cm³/mol. The molecule has 2 rings (SSSR count). The van der Waals surface area contributed by atoms with Crippen LogP contribution in [0.2, 0.25) is 0 Å². The number of hydrogen-bond donors (Lipinski definition) is 0. The molecule has 20 heavy (non-hydrogen) atoms. The Labute approximate surface area is 123 Å². The predicted octanol–water partition coefficient (Wildman–Crippen LogP) is 2.28. The summed E-state index contributed by atoms with van der Waals surface area (Å²) in [5.41, 5.74) is 0. The van der Waals surface area contributed by atoms with Gasteiger partial charge in [-0.3, -0.25) is 9.69 Å². The molecule has 1 aliphatic carbocycles. The number of nitrogens with zero attached hydrogens (tertiary/aromatic N) is 2. The Kier molecular flexibility index (Phi) is 6.30. The highest BCUT2D eigenvalue weighted by molar-refractivity contribution is 5.76. The molecule has 1 amide bonds. The first-order chi connectivity index (χ1) is 9.72. The van der Waals surface area contributed by atoms with E-state index in [0.29, 0.717) is 25.0 Å². The molecular weight excluding hydrogens is 252 g/mol. The number of ether oxygens (including phenoxy) is 1. The Balaban J connectivity index is 1.72. The average Bonchev–Trinajstić information content (AvgIpc) is 2.97. The van der Waals surface area contributed by atoms with Crippen molar-refractivity contribution in [3.05, 3.63) is 0 Å². The van der Waals surface area contributed by atoms with Crippen LogP contribution in [-0.4, -0.2) is 60.6 Å². The molecule has 4 nitrogen and oxygen atoms in total. The molecule has 4 heteroatoms. The van der Waals surface area contributed by atoms with Gasteiger partial charge < -0.3 is 9.64 Å². The van der Waals surface area contributed by atoms with E-state index in [2.05, 4.69) is 16.7 Å². The minimum absolute atomic E-state index is 0.308. The molecule has 1 saturated carbocycles. The van der Waals surface area contributed by atoms with Crippen LogP contribution < -0.4 is 0 Å². The van der Waals surface area contributed by atoms with Crippen molar-refractivity contribution < 1.29 is 9.53 Å². The van der Waals surface area contributed by atoms with Gasteiger partial charge in [0.05, 0.1) is 0 Å². The summed E-state index contributed by atoms with van der Waals surface area (Å²) in [6.07, 6.45) is 6.96. The lowest BCUT2D eigenvalue weighted by Gasteiger charge is -2.43. The number of piperazine rings is 1. The lowest BCUT2D eigenvalue weighted by molar-refractivity contribution is -0.135. The molecule has 1 saturated heterocycles. The van der Waals surface area contributed by atoms with Crippen LogP contribution in [0.5, 0.6) is 0 Å². The summed E-state index contributed by atoms with van der Waals surface area (Å²) in [7, 11) is 0.